The van der Waals surface area contributed by atoms with Crippen molar-refractivity contribution in [2.75, 3.05) is 0 Å². The van der Waals surface area contributed by atoms with E-state index < -0.39 is 0 Å². The van der Waals surface area contributed by atoms with Crippen LogP contribution < -0.4 is 11.1 Å². The molecular formula is C12H24N2O. The van der Waals surface area contributed by atoms with Crippen LogP contribution in [0.3, 0.4) is 0 Å². The predicted octanol–water partition coefficient (Wildman–Crippen LogP) is 1.66. The smallest absolute Gasteiger partial charge is 0.223 e. The molecule has 0 aliphatic heterocycles. The van der Waals surface area contributed by atoms with E-state index in [1.54, 1.807) is 0 Å². The minimum absolute atomic E-state index is 0.0295. The first-order valence-corrected chi connectivity index (χ1v) is 5.92. The molecule has 0 aromatic heterocycles. The fourth-order valence-electron chi connectivity index (χ4n) is 2.06. The Hall–Kier alpha value is -0.570. The lowest BCUT2D eigenvalue weighted by molar-refractivity contribution is -0.127. The van der Waals surface area contributed by atoms with Crippen LogP contribution in [0.1, 0.15) is 47.0 Å². The molecule has 1 amide bonds. The van der Waals surface area contributed by atoms with Gasteiger partial charge in [-0.25, -0.2) is 0 Å². The van der Waals surface area contributed by atoms with E-state index in [9.17, 15) is 4.79 Å². The molecule has 1 aliphatic rings. The highest BCUT2D eigenvalue weighted by Crippen LogP contribution is 2.31. The quantitative estimate of drug-likeness (QED) is 0.747. The number of rotatable bonds is 3. The third-order valence-corrected chi connectivity index (χ3v) is 3.78. The Morgan fingerprint density at radius 1 is 1.47 bits per heavy atom. The van der Waals surface area contributed by atoms with Crippen LogP contribution in [0, 0.1) is 11.8 Å². The van der Waals surface area contributed by atoms with Crippen molar-refractivity contribution in [1.82, 2.24) is 5.32 Å². The van der Waals surface area contributed by atoms with Crippen LogP contribution in [0.5, 0.6) is 0 Å². The van der Waals surface area contributed by atoms with Crippen molar-refractivity contribution in [3.63, 3.8) is 0 Å². The van der Waals surface area contributed by atoms with Crippen LogP contribution in [0.15, 0.2) is 0 Å². The minimum Gasteiger partial charge on any atom is -0.349 e. The van der Waals surface area contributed by atoms with Gasteiger partial charge in [0.2, 0.25) is 5.91 Å². The Kier molecular flexibility index (Phi) is 3.77. The Bertz CT molecular complexity index is 236. The number of hydrogen-bond donors (Lipinski definition) is 2. The van der Waals surface area contributed by atoms with Gasteiger partial charge < -0.3 is 11.1 Å². The standard InChI is InChI=1S/C12H24N2O/c1-8-6-5-7-10(8)11(15)14-12(3,4)9(2)13/h8-10H,5-7,13H2,1-4H3,(H,14,15). The fourth-order valence-corrected chi connectivity index (χ4v) is 2.06. The summed E-state index contributed by atoms with van der Waals surface area (Å²) in [6, 6.07) is -0.0295. The summed E-state index contributed by atoms with van der Waals surface area (Å²) in [5.41, 5.74) is 5.53. The lowest BCUT2D eigenvalue weighted by Crippen LogP contribution is -2.56. The van der Waals surface area contributed by atoms with Crippen molar-refractivity contribution >= 4 is 5.91 Å². The second-order valence-electron chi connectivity index (χ2n) is 5.51. The van der Waals surface area contributed by atoms with E-state index in [1.807, 2.05) is 20.8 Å². The van der Waals surface area contributed by atoms with Crippen LogP contribution >= 0.6 is 0 Å². The van der Waals surface area contributed by atoms with Gasteiger partial charge in [0.15, 0.2) is 0 Å². The van der Waals surface area contributed by atoms with E-state index in [0.29, 0.717) is 5.92 Å². The first-order chi connectivity index (χ1) is 6.84. The summed E-state index contributed by atoms with van der Waals surface area (Å²) >= 11 is 0. The predicted molar refractivity (Wildman–Crippen MR) is 62.4 cm³/mol. The molecule has 3 N–H and O–H groups in total. The molecule has 3 heteroatoms. The van der Waals surface area contributed by atoms with Gasteiger partial charge in [0.25, 0.3) is 0 Å². The normalized spacial score (nSPS) is 28.9. The molecule has 0 saturated heterocycles. The first-order valence-electron chi connectivity index (χ1n) is 5.92. The molecule has 1 aliphatic carbocycles. The second-order valence-corrected chi connectivity index (χ2v) is 5.51. The Labute approximate surface area is 92.8 Å². The third kappa shape index (κ3) is 2.94. The van der Waals surface area contributed by atoms with E-state index in [4.69, 9.17) is 5.73 Å². The molecule has 1 saturated carbocycles. The fraction of sp³-hybridized carbons (Fsp3) is 0.917. The van der Waals surface area contributed by atoms with Gasteiger partial charge in [-0.05, 0) is 39.5 Å². The maximum atomic E-state index is 12.0. The molecule has 0 radical (unpaired) electrons. The lowest BCUT2D eigenvalue weighted by Gasteiger charge is -2.32. The first kappa shape index (κ1) is 12.5. The maximum absolute atomic E-state index is 12.0. The average molecular weight is 212 g/mol. The van der Waals surface area contributed by atoms with Gasteiger partial charge in [-0.1, -0.05) is 13.3 Å². The van der Waals surface area contributed by atoms with Crippen molar-refractivity contribution in [2.24, 2.45) is 17.6 Å². The number of nitrogens with one attached hydrogen (secondary N) is 1. The molecule has 3 unspecified atom stereocenters. The molecule has 0 heterocycles. The van der Waals surface area contributed by atoms with Crippen LogP contribution in [-0.2, 0) is 4.79 Å². The van der Waals surface area contributed by atoms with Gasteiger partial charge in [-0.15, -0.1) is 0 Å². The number of carbonyl (C=O) groups excluding carboxylic acids is 1. The molecule has 3 nitrogen and oxygen atoms in total. The number of carbonyl (C=O) groups is 1. The second kappa shape index (κ2) is 4.52. The van der Waals surface area contributed by atoms with Gasteiger partial charge in [0.1, 0.15) is 0 Å². The highest BCUT2D eigenvalue weighted by atomic mass is 16.2. The Balaban J connectivity index is 2.55. The van der Waals surface area contributed by atoms with E-state index in [0.717, 1.165) is 6.42 Å². The largest absolute Gasteiger partial charge is 0.349 e. The van der Waals surface area contributed by atoms with Gasteiger partial charge >= 0.3 is 0 Å². The highest BCUT2D eigenvalue weighted by molar-refractivity contribution is 5.80. The number of nitrogens with two attached hydrogens (primary N) is 1. The van der Waals surface area contributed by atoms with Gasteiger partial charge in [0.05, 0.1) is 0 Å². The summed E-state index contributed by atoms with van der Waals surface area (Å²) in [6.07, 6.45) is 3.39. The molecule has 0 spiro atoms. The zero-order valence-electron chi connectivity index (χ0n) is 10.3. The van der Waals surface area contributed by atoms with Crippen molar-refractivity contribution in [1.29, 1.82) is 0 Å². The topological polar surface area (TPSA) is 55.1 Å². The van der Waals surface area contributed by atoms with Crippen LogP contribution in [-0.4, -0.2) is 17.5 Å². The molecule has 1 rings (SSSR count). The van der Waals surface area contributed by atoms with Gasteiger partial charge in [-0.2, -0.15) is 0 Å². The molecule has 0 bridgehead atoms. The van der Waals surface area contributed by atoms with Crippen LogP contribution in [0.2, 0.25) is 0 Å². The molecule has 1 fully saturated rings. The SMILES string of the molecule is CC1CCCC1C(=O)NC(C)(C)C(C)N. The molecule has 15 heavy (non-hydrogen) atoms. The zero-order chi connectivity index (χ0) is 11.6. The van der Waals surface area contributed by atoms with E-state index >= 15 is 0 Å². The molecule has 0 aromatic carbocycles. The van der Waals surface area contributed by atoms with Crippen molar-refractivity contribution in [3.8, 4) is 0 Å². The van der Waals surface area contributed by atoms with Crippen molar-refractivity contribution in [2.45, 2.75) is 58.5 Å². The summed E-state index contributed by atoms with van der Waals surface area (Å²) in [5, 5.41) is 3.06. The highest BCUT2D eigenvalue weighted by Gasteiger charge is 2.33. The molecule has 3 atom stereocenters. The molecular weight excluding hydrogens is 188 g/mol. The van der Waals surface area contributed by atoms with Crippen molar-refractivity contribution < 1.29 is 4.79 Å². The summed E-state index contributed by atoms with van der Waals surface area (Å²) in [6.45, 7) is 8.05. The van der Waals surface area contributed by atoms with Crippen molar-refractivity contribution in [3.05, 3.63) is 0 Å². The monoisotopic (exact) mass is 212 g/mol. The number of hydrogen-bond acceptors (Lipinski definition) is 2. The minimum atomic E-state index is -0.306. The maximum Gasteiger partial charge on any atom is 0.223 e. The number of amides is 1. The van der Waals surface area contributed by atoms with Gasteiger partial charge in [0, 0.05) is 17.5 Å². The summed E-state index contributed by atoms with van der Waals surface area (Å²) in [4.78, 5) is 12.0. The summed E-state index contributed by atoms with van der Waals surface area (Å²) in [5.74, 6) is 0.902. The van der Waals surface area contributed by atoms with Crippen LogP contribution in [0.4, 0.5) is 0 Å². The molecule has 88 valence electrons. The molecule has 0 aromatic rings. The summed E-state index contributed by atoms with van der Waals surface area (Å²) < 4.78 is 0. The zero-order valence-corrected chi connectivity index (χ0v) is 10.3. The Morgan fingerprint density at radius 2 is 2.07 bits per heavy atom. The lowest BCUT2D eigenvalue weighted by atomic mass is 9.92. The van der Waals surface area contributed by atoms with E-state index in [1.165, 1.54) is 12.8 Å². The Morgan fingerprint density at radius 3 is 2.47 bits per heavy atom. The van der Waals surface area contributed by atoms with E-state index in [-0.39, 0.29) is 23.4 Å². The third-order valence-electron chi connectivity index (χ3n) is 3.78. The summed E-state index contributed by atoms with van der Waals surface area (Å²) in [7, 11) is 0. The van der Waals surface area contributed by atoms with Gasteiger partial charge in [-0.3, -0.25) is 4.79 Å². The van der Waals surface area contributed by atoms with E-state index in [2.05, 4.69) is 12.2 Å². The average Bonchev–Trinajstić information content (AvgIpc) is 2.50. The van der Waals surface area contributed by atoms with Crippen LogP contribution in [0.25, 0.3) is 0 Å².